The Hall–Kier alpha value is -4.07. The Morgan fingerprint density at radius 1 is 1.12 bits per heavy atom. The molecule has 0 bridgehead atoms. The molecule has 0 aliphatic carbocycles. The van der Waals surface area contributed by atoms with Crippen molar-refractivity contribution in [3.05, 3.63) is 46.4 Å². The lowest BCUT2D eigenvalue weighted by Gasteiger charge is -2.30. The number of alkyl halides is 2. The quantitative estimate of drug-likeness (QED) is 0.0617. The van der Waals surface area contributed by atoms with Gasteiger partial charge >= 0.3 is 0 Å². The Kier molecular flexibility index (Phi) is 10.7. The number of aliphatic hydroxyl groups is 2. The Balaban J connectivity index is 1.21. The molecular formula is C28H36BF2N10O9P. The molecule has 0 spiro atoms. The SMILES string of the molecule is [BH3-][P+](OCC[N+]#[C-])(OC[C@H]1O[C@@H](n2cnc3c(C)ncnc32)[C@@H](F)C1O)OC1[C@@H](CO)O[C@@H](n2cnc3c(=O)[nH]c(NC(=O)C(C)C)nc32)[C@H]1F. The molecule has 2 aliphatic rings. The lowest BCUT2D eigenvalue weighted by molar-refractivity contribution is -0.118. The van der Waals surface area contributed by atoms with E-state index in [0.29, 0.717) is 16.9 Å². The van der Waals surface area contributed by atoms with Crippen molar-refractivity contribution in [2.24, 2.45) is 5.92 Å². The summed E-state index contributed by atoms with van der Waals surface area (Å²) in [5.74, 6) is -1.02. The minimum absolute atomic E-state index is 0.0595. The highest BCUT2D eigenvalue weighted by Crippen LogP contribution is 2.60. The van der Waals surface area contributed by atoms with E-state index < -0.39 is 95.2 Å². The van der Waals surface area contributed by atoms with Crippen LogP contribution in [0.5, 0.6) is 0 Å². The number of carbonyl (C=O) groups excluding carboxylic acids is 1. The number of amides is 1. The molecule has 3 unspecified atom stereocenters. The monoisotopic (exact) mass is 736 g/mol. The summed E-state index contributed by atoms with van der Waals surface area (Å²) in [6.07, 6.45) is -8.42. The largest absolute Gasteiger partial charge is 0.394 e. The van der Waals surface area contributed by atoms with Gasteiger partial charge in [-0.15, -0.1) is 0 Å². The minimum atomic E-state index is -3.37. The fourth-order valence-corrected chi connectivity index (χ4v) is 6.48. The first-order chi connectivity index (χ1) is 24.4. The van der Waals surface area contributed by atoms with E-state index in [-0.39, 0.29) is 30.3 Å². The van der Waals surface area contributed by atoms with Crippen molar-refractivity contribution < 1.29 is 46.8 Å². The number of halogens is 2. The summed E-state index contributed by atoms with van der Waals surface area (Å²) in [6, 6.07) is 0. The number of aryl methyl sites for hydroxylation is 1. The molecule has 19 nitrogen and oxygen atoms in total. The molecule has 274 valence electrons. The van der Waals surface area contributed by atoms with Crippen LogP contribution >= 0.6 is 7.82 Å². The maximum atomic E-state index is 16.4. The summed E-state index contributed by atoms with van der Waals surface area (Å²) >= 11 is 0. The van der Waals surface area contributed by atoms with Gasteiger partial charge in [-0.2, -0.15) is 4.98 Å². The van der Waals surface area contributed by atoms with Crippen molar-refractivity contribution in [2.75, 3.05) is 31.7 Å². The number of hydrogen-bond donors (Lipinski definition) is 4. The van der Waals surface area contributed by atoms with Gasteiger partial charge in [-0.1, -0.05) is 13.8 Å². The molecule has 51 heavy (non-hydrogen) atoms. The number of H-pyrrole nitrogens is 1. The molecule has 0 saturated carbocycles. The normalized spacial score (nSPS) is 27.7. The fourth-order valence-electron chi connectivity index (χ4n) is 5.34. The van der Waals surface area contributed by atoms with E-state index in [1.165, 1.54) is 17.2 Å². The maximum Gasteiger partial charge on any atom is 0.280 e. The molecule has 2 fully saturated rings. The lowest BCUT2D eigenvalue weighted by atomic mass is 10.1. The zero-order valence-electron chi connectivity index (χ0n) is 26.8. The molecule has 4 aromatic rings. The molecule has 0 aromatic carbocycles. The van der Waals surface area contributed by atoms with Gasteiger partial charge in [-0.3, -0.25) is 29.0 Å². The third-order valence-corrected chi connectivity index (χ3v) is 9.15. The van der Waals surface area contributed by atoms with Crippen LogP contribution in [-0.4, -0.2) is 126 Å². The molecule has 1 amide bonds. The molecule has 23 heteroatoms. The van der Waals surface area contributed by atoms with Crippen LogP contribution in [0.2, 0.25) is 0 Å². The standard InChI is InChI=1S/C28H36BF2N10O9P/c1-12(2)24(44)38-28-37-23-19(25(45)39-28)36-11-41(23)27-17(31)21(14(7-42)48-27)50-51(29,46-6-5-32-4)47-8-15-20(43)16(30)26(49-15)40-10-35-18-13(3)33-9-34-22(18)40/h9-12,14-17,20-21,26-27,42-43H,5-8H2,1-3,29H3,(H2,37,38,39,44,45)/t14-,15-,16+,17+,20?,21?,26-,27-,51?/m1/s1. The average Bonchev–Trinajstić information content (AvgIpc) is 3.86. The smallest absolute Gasteiger partial charge is 0.280 e. The highest BCUT2D eigenvalue weighted by Gasteiger charge is 2.54. The number of aromatic nitrogens is 8. The first-order valence-corrected chi connectivity index (χ1v) is 16.5. The van der Waals surface area contributed by atoms with Gasteiger partial charge in [0.1, 0.15) is 36.8 Å². The number of aromatic amines is 1. The van der Waals surface area contributed by atoms with Crippen molar-refractivity contribution in [3.8, 4) is 0 Å². The fraction of sp³-hybridized carbons (Fsp3) is 0.571. The second-order valence-electron chi connectivity index (χ2n) is 11.7. The van der Waals surface area contributed by atoms with Crippen molar-refractivity contribution in [1.82, 2.24) is 39.0 Å². The van der Waals surface area contributed by atoms with Crippen molar-refractivity contribution in [1.29, 1.82) is 0 Å². The molecule has 6 heterocycles. The summed E-state index contributed by atoms with van der Waals surface area (Å²) in [7, 11) is -4.49. The van der Waals surface area contributed by atoms with E-state index in [9.17, 15) is 19.8 Å². The van der Waals surface area contributed by atoms with Gasteiger partial charge in [0.25, 0.3) is 5.56 Å². The van der Waals surface area contributed by atoms with E-state index in [1.54, 1.807) is 20.8 Å². The van der Waals surface area contributed by atoms with Crippen molar-refractivity contribution >= 4 is 49.6 Å². The molecule has 4 N–H and O–H groups in total. The number of nitrogens with zero attached hydrogens (tertiary/aromatic N) is 8. The van der Waals surface area contributed by atoms with Crippen molar-refractivity contribution in [2.45, 2.75) is 70.0 Å². The summed E-state index contributed by atoms with van der Waals surface area (Å²) in [5.41, 5.74) is 0.401. The number of ether oxygens (including phenoxy) is 2. The van der Waals surface area contributed by atoms with E-state index in [4.69, 9.17) is 29.6 Å². The molecule has 0 radical (unpaired) electrons. The Morgan fingerprint density at radius 3 is 2.51 bits per heavy atom. The number of aliphatic hydroxyl groups excluding tert-OH is 2. The molecule has 2 saturated heterocycles. The van der Waals surface area contributed by atoms with Crippen LogP contribution in [0.3, 0.4) is 0 Å². The van der Waals surface area contributed by atoms with Crippen LogP contribution < -0.4 is 10.9 Å². The third kappa shape index (κ3) is 7.20. The first-order valence-electron chi connectivity index (χ1n) is 15.4. The molecule has 4 aromatic heterocycles. The summed E-state index contributed by atoms with van der Waals surface area (Å²) in [6.45, 7) is 10.9. The van der Waals surface area contributed by atoms with Crippen LogP contribution in [0.1, 0.15) is 32.0 Å². The van der Waals surface area contributed by atoms with E-state index >= 15 is 8.78 Å². The number of anilines is 1. The zero-order valence-corrected chi connectivity index (χ0v) is 27.7. The predicted molar refractivity (Wildman–Crippen MR) is 177 cm³/mol. The average molecular weight is 736 g/mol. The van der Waals surface area contributed by atoms with E-state index in [1.807, 2.05) is 0 Å². The Bertz CT molecular complexity index is 2000. The summed E-state index contributed by atoms with van der Waals surface area (Å²) in [4.78, 5) is 51.4. The number of rotatable bonds is 13. The Labute approximate surface area is 289 Å². The number of nitrogens with one attached hydrogen (secondary N) is 2. The number of imidazole rings is 2. The first kappa shape index (κ1) is 36.7. The second kappa shape index (κ2) is 14.9. The van der Waals surface area contributed by atoms with Gasteiger partial charge in [0.2, 0.25) is 33.8 Å². The van der Waals surface area contributed by atoms with Gasteiger partial charge in [0, 0.05) is 5.92 Å². The van der Waals surface area contributed by atoms with Crippen LogP contribution in [-0.2, 0) is 27.8 Å². The van der Waals surface area contributed by atoms with E-state index in [0.717, 1.165) is 10.9 Å². The highest BCUT2D eigenvalue weighted by atomic mass is 31.2. The molecule has 6 rings (SSSR count). The second-order valence-corrected chi connectivity index (χ2v) is 12.8. The third-order valence-electron chi connectivity index (χ3n) is 7.98. The molecular weight excluding hydrogens is 700 g/mol. The van der Waals surface area contributed by atoms with Crippen LogP contribution in [0.15, 0.2) is 23.8 Å². The number of fused-ring (bicyclic) bond motifs is 2. The lowest BCUT2D eigenvalue weighted by Crippen LogP contribution is -2.36. The number of hydrogen-bond acceptors (Lipinski definition) is 14. The van der Waals surface area contributed by atoms with E-state index in [2.05, 4.69) is 40.1 Å². The maximum absolute atomic E-state index is 16.4. The van der Waals surface area contributed by atoms with Crippen molar-refractivity contribution in [3.63, 3.8) is 0 Å². The highest BCUT2D eigenvalue weighted by molar-refractivity contribution is 7.85. The minimum Gasteiger partial charge on any atom is -0.394 e. The van der Waals surface area contributed by atoms with Gasteiger partial charge in [-0.05, 0) is 6.92 Å². The van der Waals surface area contributed by atoms with Gasteiger partial charge in [0.15, 0.2) is 54.3 Å². The summed E-state index contributed by atoms with van der Waals surface area (Å²) < 4.78 is 64.3. The molecule has 9 atom stereocenters. The van der Waals surface area contributed by atoms with Gasteiger partial charge in [-0.25, -0.2) is 48.9 Å². The zero-order chi connectivity index (χ0) is 36.6. The Morgan fingerprint density at radius 2 is 1.80 bits per heavy atom. The van der Waals surface area contributed by atoms with Crippen LogP contribution in [0.25, 0.3) is 27.2 Å². The summed E-state index contributed by atoms with van der Waals surface area (Å²) in [5, 5.41) is 23.5. The van der Waals surface area contributed by atoms with Gasteiger partial charge in [0.05, 0.1) is 25.0 Å². The van der Waals surface area contributed by atoms with Crippen LogP contribution in [0, 0.1) is 19.4 Å². The van der Waals surface area contributed by atoms with Crippen LogP contribution in [0.4, 0.5) is 14.7 Å². The number of carbonyl (C=O) groups is 1. The molecule has 2 aliphatic heterocycles. The topological polar surface area (TPSA) is 227 Å². The van der Waals surface area contributed by atoms with Gasteiger partial charge < -0.3 is 24.5 Å². The predicted octanol–water partition coefficient (Wildman–Crippen LogP) is 0.0673.